The second kappa shape index (κ2) is 7.03. The molecule has 23 heavy (non-hydrogen) atoms. The number of hydrogen-bond donors (Lipinski definition) is 4. The molecule has 0 spiro atoms. The van der Waals surface area contributed by atoms with Gasteiger partial charge in [0.05, 0.1) is 11.4 Å². The van der Waals surface area contributed by atoms with E-state index in [2.05, 4.69) is 15.8 Å². The van der Waals surface area contributed by atoms with E-state index in [9.17, 15) is 22.4 Å². The van der Waals surface area contributed by atoms with Gasteiger partial charge in [-0.15, -0.1) is 0 Å². The van der Waals surface area contributed by atoms with Gasteiger partial charge in [0.2, 0.25) is 10.0 Å². The molecular weight excluding hydrogens is 327 g/mol. The maximum absolute atomic E-state index is 12.8. The Kier molecular flexibility index (Phi) is 5.09. The first kappa shape index (κ1) is 16.6. The second-order valence-corrected chi connectivity index (χ2v) is 6.13. The maximum atomic E-state index is 12.8. The molecule has 2 rings (SSSR count). The number of H-pyrrole nitrogens is 1. The molecule has 0 saturated carbocycles. The fourth-order valence-corrected chi connectivity index (χ4v) is 2.55. The first-order chi connectivity index (χ1) is 10.9. The van der Waals surface area contributed by atoms with Crippen LogP contribution in [0, 0.1) is 5.82 Å². The minimum Gasteiger partial charge on any atom is -0.357 e. The molecule has 2 amide bonds. The Bertz CT molecular complexity index is 788. The van der Waals surface area contributed by atoms with Crippen molar-refractivity contribution < 1.29 is 22.4 Å². The smallest absolute Gasteiger partial charge is 0.286 e. The lowest BCUT2D eigenvalue weighted by Crippen LogP contribution is -2.46. The van der Waals surface area contributed by atoms with Crippen LogP contribution < -0.4 is 15.6 Å². The van der Waals surface area contributed by atoms with E-state index in [-0.39, 0.29) is 10.6 Å². The van der Waals surface area contributed by atoms with E-state index in [1.54, 1.807) is 6.07 Å². The monoisotopic (exact) mass is 340 g/mol. The molecule has 0 bridgehead atoms. The van der Waals surface area contributed by atoms with Crippen molar-refractivity contribution in [3.8, 4) is 0 Å². The zero-order valence-corrected chi connectivity index (χ0v) is 12.5. The molecule has 0 aliphatic carbocycles. The van der Waals surface area contributed by atoms with Crippen LogP contribution in [0.4, 0.5) is 4.39 Å². The molecular formula is C13H13FN4O4S. The van der Waals surface area contributed by atoms with Gasteiger partial charge >= 0.3 is 0 Å². The SMILES string of the molecule is O=C(CNS(=O)(=O)c1ccc(F)cc1)NNC(=O)c1ccc[nH]1. The molecule has 0 aliphatic rings. The highest BCUT2D eigenvalue weighted by molar-refractivity contribution is 7.89. The van der Waals surface area contributed by atoms with Gasteiger partial charge in [0, 0.05) is 6.20 Å². The summed E-state index contributed by atoms with van der Waals surface area (Å²) in [5.74, 6) is -1.92. The normalized spacial score (nSPS) is 11.0. The molecule has 10 heteroatoms. The Labute approximate surface area is 131 Å². The third kappa shape index (κ3) is 4.63. The van der Waals surface area contributed by atoms with Crippen molar-refractivity contribution >= 4 is 21.8 Å². The summed E-state index contributed by atoms with van der Waals surface area (Å²) in [5.41, 5.74) is 4.41. The Morgan fingerprint density at radius 2 is 1.78 bits per heavy atom. The third-order valence-corrected chi connectivity index (χ3v) is 4.12. The van der Waals surface area contributed by atoms with E-state index in [0.29, 0.717) is 0 Å². The summed E-state index contributed by atoms with van der Waals surface area (Å²) in [7, 11) is -3.95. The number of hydrogen-bond acceptors (Lipinski definition) is 4. The summed E-state index contributed by atoms with van der Waals surface area (Å²) < 4.78 is 38.5. The molecule has 8 nitrogen and oxygen atoms in total. The van der Waals surface area contributed by atoms with Crippen molar-refractivity contribution in [3.05, 3.63) is 54.1 Å². The highest BCUT2D eigenvalue weighted by Gasteiger charge is 2.16. The van der Waals surface area contributed by atoms with Gasteiger partial charge < -0.3 is 4.98 Å². The predicted molar refractivity (Wildman–Crippen MR) is 78.0 cm³/mol. The van der Waals surface area contributed by atoms with Gasteiger partial charge in [-0.05, 0) is 36.4 Å². The minimum absolute atomic E-state index is 0.179. The lowest BCUT2D eigenvalue weighted by molar-refractivity contribution is -0.120. The molecule has 0 atom stereocenters. The molecule has 2 aromatic rings. The zero-order chi connectivity index (χ0) is 16.9. The summed E-state index contributed by atoms with van der Waals surface area (Å²) >= 11 is 0. The van der Waals surface area contributed by atoms with Gasteiger partial charge in [-0.3, -0.25) is 20.4 Å². The average molecular weight is 340 g/mol. The third-order valence-electron chi connectivity index (χ3n) is 2.70. The highest BCUT2D eigenvalue weighted by atomic mass is 32.2. The number of carbonyl (C=O) groups is 2. The molecule has 122 valence electrons. The molecule has 0 unspecified atom stereocenters. The van der Waals surface area contributed by atoms with Crippen molar-refractivity contribution in [2.75, 3.05) is 6.54 Å². The molecule has 1 aromatic carbocycles. The number of halogens is 1. The Hall–Kier alpha value is -2.72. The Morgan fingerprint density at radius 3 is 2.39 bits per heavy atom. The van der Waals surface area contributed by atoms with E-state index in [1.165, 1.54) is 12.3 Å². The van der Waals surface area contributed by atoms with E-state index < -0.39 is 34.2 Å². The number of hydrazine groups is 1. The number of rotatable bonds is 5. The van der Waals surface area contributed by atoms with Gasteiger partial charge in [-0.2, -0.15) is 0 Å². The van der Waals surface area contributed by atoms with Crippen molar-refractivity contribution in [1.82, 2.24) is 20.6 Å². The van der Waals surface area contributed by atoms with E-state index in [4.69, 9.17) is 0 Å². The van der Waals surface area contributed by atoms with Crippen LogP contribution in [-0.2, 0) is 14.8 Å². The van der Waals surface area contributed by atoms with Crippen LogP contribution in [-0.4, -0.2) is 31.8 Å². The number of carbonyl (C=O) groups excluding carboxylic acids is 2. The van der Waals surface area contributed by atoms with Crippen LogP contribution in [0.2, 0.25) is 0 Å². The van der Waals surface area contributed by atoms with Crippen LogP contribution in [0.5, 0.6) is 0 Å². The van der Waals surface area contributed by atoms with E-state index in [0.717, 1.165) is 24.3 Å². The van der Waals surface area contributed by atoms with E-state index in [1.807, 2.05) is 4.72 Å². The highest BCUT2D eigenvalue weighted by Crippen LogP contribution is 2.08. The first-order valence-electron chi connectivity index (χ1n) is 6.36. The van der Waals surface area contributed by atoms with Crippen molar-refractivity contribution in [1.29, 1.82) is 0 Å². The average Bonchev–Trinajstić information content (AvgIpc) is 3.05. The largest absolute Gasteiger partial charge is 0.357 e. The van der Waals surface area contributed by atoms with Crippen LogP contribution in [0.25, 0.3) is 0 Å². The summed E-state index contributed by atoms with van der Waals surface area (Å²) in [4.78, 5) is 25.5. The number of aromatic amines is 1. The van der Waals surface area contributed by atoms with Crippen LogP contribution in [0.15, 0.2) is 47.5 Å². The quantitative estimate of drug-likeness (QED) is 0.568. The predicted octanol–water partition coefficient (Wildman–Crippen LogP) is -0.107. The van der Waals surface area contributed by atoms with Crippen molar-refractivity contribution in [2.45, 2.75) is 4.90 Å². The second-order valence-electron chi connectivity index (χ2n) is 4.36. The summed E-state index contributed by atoms with van der Waals surface area (Å²) in [6, 6.07) is 7.23. The number of nitrogens with one attached hydrogen (secondary N) is 4. The summed E-state index contributed by atoms with van der Waals surface area (Å²) in [6.07, 6.45) is 1.54. The minimum atomic E-state index is -3.95. The van der Waals surface area contributed by atoms with Crippen molar-refractivity contribution in [3.63, 3.8) is 0 Å². The number of amides is 2. The molecule has 1 aromatic heterocycles. The molecule has 0 saturated heterocycles. The standard InChI is InChI=1S/C13H13FN4O4S/c14-9-3-5-10(6-4-9)23(21,22)16-8-12(19)17-18-13(20)11-2-1-7-15-11/h1-7,15-16H,8H2,(H,17,19)(H,18,20). The Morgan fingerprint density at radius 1 is 1.09 bits per heavy atom. The fraction of sp³-hybridized carbons (Fsp3) is 0.0769. The number of benzene rings is 1. The zero-order valence-electron chi connectivity index (χ0n) is 11.7. The number of aromatic nitrogens is 1. The Balaban J connectivity index is 1.84. The van der Waals surface area contributed by atoms with Crippen LogP contribution in [0.1, 0.15) is 10.5 Å². The lowest BCUT2D eigenvalue weighted by Gasteiger charge is -2.08. The maximum Gasteiger partial charge on any atom is 0.286 e. The fourth-order valence-electron chi connectivity index (χ4n) is 1.57. The van der Waals surface area contributed by atoms with Gasteiger partial charge in [-0.25, -0.2) is 17.5 Å². The topological polar surface area (TPSA) is 120 Å². The molecule has 0 fully saturated rings. The molecule has 0 radical (unpaired) electrons. The van der Waals surface area contributed by atoms with Gasteiger partial charge in [0.25, 0.3) is 11.8 Å². The van der Waals surface area contributed by atoms with Gasteiger partial charge in [0.1, 0.15) is 11.5 Å². The first-order valence-corrected chi connectivity index (χ1v) is 7.84. The van der Waals surface area contributed by atoms with Crippen LogP contribution >= 0.6 is 0 Å². The van der Waals surface area contributed by atoms with Gasteiger partial charge in [-0.1, -0.05) is 0 Å². The van der Waals surface area contributed by atoms with E-state index >= 15 is 0 Å². The summed E-state index contributed by atoms with van der Waals surface area (Å²) in [6.45, 7) is -0.593. The van der Waals surface area contributed by atoms with Crippen molar-refractivity contribution in [2.24, 2.45) is 0 Å². The summed E-state index contributed by atoms with van der Waals surface area (Å²) in [5, 5.41) is 0. The van der Waals surface area contributed by atoms with Gasteiger partial charge in [0.15, 0.2) is 0 Å². The lowest BCUT2D eigenvalue weighted by atomic mass is 10.4. The molecule has 4 N–H and O–H groups in total. The molecule has 0 aliphatic heterocycles. The van der Waals surface area contributed by atoms with Crippen LogP contribution in [0.3, 0.4) is 0 Å². The molecule has 1 heterocycles. The number of sulfonamides is 1.